The maximum Gasteiger partial charge on any atom is 0.416 e. The zero-order valence-electron chi connectivity index (χ0n) is 11.9. The molecule has 0 spiro atoms. The number of nitro benzene ring substituents is 1. The first-order valence-corrected chi connectivity index (χ1v) is 7.75. The van der Waals surface area contributed by atoms with Gasteiger partial charge in [0.25, 0.3) is 15.7 Å². The Morgan fingerprint density at radius 1 is 1.38 bits per heavy atom. The molecular weight excluding hydrogens is 379 g/mol. The number of rotatable bonds is 3. The van der Waals surface area contributed by atoms with Gasteiger partial charge in [-0.05, 0) is 12.1 Å². The molecule has 2 rings (SSSR count). The highest BCUT2D eigenvalue weighted by atomic mass is 35.5. The Morgan fingerprint density at radius 3 is 2.50 bits per heavy atom. The topological polar surface area (TPSA) is 113 Å². The van der Waals surface area contributed by atoms with E-state index in [0.29, 0.717) is 16.4 Å². The second-order valence-corrected chi connectivity index (χ2v) is 6.60. The van der Waals surface area contributed by atoms with Gasteiger partial charge >= 0.3 is 6.18 Å². The quantitative estimate of drug-likeness (QED) is 0.586. The Morgan fingerprint density at radius 2 is 2.00 bits per heavy atom. The van der Waals surface area contributed by atoms with E-state index in [9.17, 15) is 36.8 Å². The Hall–Kier alpha value is -1.47. The number of hydrogen-bond donors (Lipinski definition) is 2. The normalized spacial score (nSPS) is 19.6. The third-order valence-electron chi connectivity index (χ3n) is 3.24. The number of aliphatic hydroxyl groups is 1. The number of nitro groups is 1. The van der Waals surface area contributed by atoms with E-state index in [1.165, 1.54) is 0 Å². The molecule has 24 heavy (non-hydrogen) atoms. The molecule has 2 N–H and O–H groups in total. The Balaban J connectivity index is 0.00000288. The van der Waals surface area contributed by atoms with Crippen molar-refractivity contribution < 1.29 is 31.6 Å². The maximum absolute atomic E-state index is 12.6. The molecule has 1 heterocycles. The average Bonchev–Trinajstić information content (AvgIpc) is 2.45. The minimum absolute atomic E-state index is 0. The number of sulfonamides is 1. The van der Waals surface area contributed by atoms with Crippen LogP contribution in [0, 0.1) is 10.1 Å². The number of halogens is 4. The van der Waals surface area contributed by atoms with Crippen LogP contribution in [0.25, 0.3) is 0 Å². The van der Waals surface area contributed by atoms with E-state index in [0.717, 1.165) is 0 Å². The van der Waals surface area contributed by atoms with Crippen LogP contribution >= 0.6 is 12.4 Å². The number of hydrogen-bond acceptors (Lipinski definition) is 6. The zero-order valence-corrected chi connectivity index (χ0v) is 13.5. The fourth-order valence-electron chi connectivity index (χ4n) is 2.13. The van der Waals surface area contributed by atoms with E-state index in [-0.39, 0.29) is 38.1 Å². The summed E-state index contributed by atoms with van der Waals surface area (Å²) in [6.07, 6.45) is -6.31. The fourth-order valence-corrected chi connectivity index (χ4v) is 3.75. The van der Waals surface area contributed by atoms with Crippen LogP contribution in [0.1, 0.15) is 5.56 Å². The Bertz CT molecular complexity index is 728. The van der Waals surface area contributed by atoms with Crippen molar-refractivity contribution in [1.82, 2.24) is 9.62 Å². The number of nitrogens with zero attached hydrogens (tertiary/aromatic N) is 2. The molecule has 1 fully saturated rings. The maximum atomic E-state index is 12.6. The van der Waals surface area contributed by atoms with Gasteiger partial charge in [0.2, 0.25) is 0 Å². The molecule has 0 bridgehead atoms. The van der Waals surface area contributed by atoms with Crippen molar-refractivity contribution in [2.45, 2.75) is 17.3 Å². The van der Waals surface area contributed by atoms with Crippen molar-refractivity contribution in [2.24, 2.45) is 0 Å². The Labute approximate surface area is 140 Å². The summed E-state index contributed by atoms with van der Waals surface area (Å²) in [6, 6.07) is 1.15. The molecular formula is C11H13ClF3N3O5S. The van der Waals surface area contributed by atoms with E-state index in [2.05, 4.69) is 5.32 Å². The molecule has 1 aromatic carbocycles. The van der Waals surface area contributed by atoms with Crippen molar-refractivity contribution in [3.05, 3.63) is 33.9 Å². The van der Waals surface area contributed by atoms with Crippen LogP contribution < -0.4 is 5.32 Å². The molecule has 1 saturated heterocycles. The second-order valence-electron chi connectivity index (χ2n) is 4.74. The highest BCUT2D eigenvalue weighted by Crippen LogP contribution is 2.35. The molecule has 0 amide bonds. The lowest BCUT2D eigenvalue weighted by atomic mass is 10.2. The molecule has 1 unspecified atom stereocenters. The van der Waals surface area contributed by atoms with Gasteiger partial charge in [0.15, 0.2) is 4.90 Å². The standard InChI is InChI=1S/C11H12F3N3O5S.ClH/c12-11(13,14)7-1-2-9(8(5-7)17(19)20)23(21,22)16-4-3-15-6-10(16)18;/h1-2,5,10,15,18H,3-4,6H2;1H. The molecule has 13 heteroatoms. The first kappa shape index (κ1) is 20.6. The number of β-amino-alcohol motifs (C(OH)–C–C–N with tert-alkyl or cyclic N) is 1. The van der Waals surface area contributed by atoms with Gasteiger partial charge in [-0.1, -0.05) is 0 Å². The van der Waals surface area contributed by atoms with Crippen LogP contribution in [0.5, 0.6) is 0 Å². The predicted octanol–water partition coefficient (Wildman–Crippen LogP) is 0.948. The molecule has 1 atom stereocenters. The summed E-state index contributed by atoms with van der Waals surface area (Å²) in [5.74, 6) is 0. The van der Waals surface area contributed by atoms with Gasteiger partial charge in [-0.3, -0.25) is 10.1 Å². The van der Waals surface area contributed by atoms with Gasteiger partial charge in [0.1, 0.15) is 6.23 Å². The summed E-state index contributed by atoms with van der Waals surface area (Å²) < 4.78 is 63.4. The van der Waals surface area contributed by atoms with Crippen LogP contribution in [0.3, 0.4) is 0 Å². The SMILES string of the molecule is Cl.O=[N+]([O-])c1cc(C(F)(F)F)ccc1S(=O)(=O)N1CCNCC1O. The third-order valence-corrected chi connectivity index (χ3v) is 5.18. The van der Waals surface area contributed by atoms with E-state index >= 15 is 0 Å². The average molecular weight is 392 g/mol. The monoisotopic (exact) mass is 391 g/mol. The van der Waals surface area contributed by atoms with E-state index in [1.807, 2.05) is 0 Å². The van der Waals surface area contributed by atoms with Crippen LogP contribution in [0.15, 0.2) is 23.1 Å². The molecule has 0 saturated carbocycles. The lowest BCUT2D eigenvalue weighted by Crippen LogP contribution is -2.53. The summed E-state index contributed by atoms with van der Waals surface area (Å²) >= 11 is 0. The summed E-state index contributed by atoms with van der Waals surface area (Å²) in [5, 5.41) is 23.4. The highest BCUT2D eigenvalue weighted by molar-refractivity contribution is 7.89. The van der Waals surface area contributed by atoms with Crippen LogP contribution in [-0.2, 0) is 16.2 Å². The molecule has 1 aliphatic rings. The molecule has 1 aromatic rings. The molecule has 136 valence electrons. The summed E-state index contributed by atoms with van der Waals surface area (Å²) in [7, 11) is -4.51. The van der Waals surface area contributed by atoms with E-state index in [4.69, 9.17) is 0 Å². The number of nitrogens with one attached hydrogen (secondary N) is 1. The van der Waals surface area contributed by atoms with Gasteiger partial charge in [0.05, 0.1) is 10.5 Å². The van der Waals surface area contributed by atoms with Crippen molar-refractivity contribution in [2.75, 3.05) is 19.6 Å². The Kier molecular flexibility index (Phi) is 6.16. The van der Waals surface area contributed by atoms with E-state index in [1.54, 1.807) is 0 Å². The minimum atomic E-state index is -4.85. The van der Waals surface area contributed by atoms with Crippen molar-refractivity contribution in [1.29, 1.82) is 0 Å². The molecule has 0 radical (unpaired) electrons. The third kappa shape index (κ3) is 3.95. The summed E-state index contributed by atoms with van der Waals surface area (Å²) in [6.45, 7) is -0.0555. The zero-order chi connectivity index (χ0) is 17.4. The summed E-state index contributed by atoms with van der Waals surface area (Å²) in [5.41, 5.74) is -2.52. The van der Waals surface area contributed by atoms with Crippen molar-refractivity contribution in [3.63, 3.8) is 0 Å². The molecule has 8 nitrogen and oxygen atoms in total. The smallest absolute Gasteiger partial charge is 0.376 e. The van der Waals surface area contributed by atoms with Gasteiger partial charge < -0.3 is 10.4 Å². The van der Waals surface area contributed by atoms with Gasteiger partial charge in [0, 0.05) is 25.7 Å². The molecule has 1 aliphatic heterocycles. The second kappa shape index (κ2) is 7.19. The number of aliphatic hydroxyl groups excluding tert-OH is 1. The van der Waals surface area contributed by atoms with E-state index < -0.39 is 43.5 Å². The van der Waals surface area contributed by atoms with Gasteiger partial charge in [-0.15, -0.1) is 12.4 Å². The van der Waals surface area contributed by atoms with Crippen LogP contribution in [0.2, 0.25) is 0 Å². The lowest BCUT2D eigenvalue weighted by Gasteiger charge is -2.31. The van der Waals surface area contributed by atoms with Crippen molar-refractivity contribution in [3.8, 4) is 0 Å². The molecule has 0 aliphatic carbocycles. The predicted molar refractivity (Wildman–Crippen MR) is 78.1 cm³/mol. The van der Waals surface area contributed by atoms with Crippen LogP contribution in [-0.4, -0.2) is 48.6 Å². The van der Waals surface area contributed by atoms with Gasteiger partial charge in [-0.2, -0.15) is 17.5 Å². The first-order valence-electron chi connectivity index (χ1n) is 6.31. The highest BCUT2D eigenvalue weighted by Gasteiger charge is 2.39. The van der Waals surface area contributed by atoms with Gasteiger partial charge in [-0.25, -0.2) is 8.42 Å². The number of benzene rings is 1. The lowest BCUT2D eigenvalue weighted by molar-refractivity contribution is -0.388. The minimum Gasteiger partial charge on any atom is -0.376 e. The molecule has 0 aromatic heterocycles. The van der Waals surface area contributed by atoms with Crippen LogP contribution in [0.4, 0.5) is 18.9 Å². The first-order chi connectivity index (χ1) is 10.5. The number of piperazine rings is 1. The largest absolute Gasteiger partial charge is 0.416 e. The van der Waals surface area contributed by atoms with Crippen molar-refractivity contribution >= 4 is 28.1 Å². The fraction of sp³-hybridized carbons (Fsp3) is 0.455. The number of alkyl halides is 3. The summed E-state index contributed by atoms with van der Waals surface area (Å²) in [4.78, 5) is 8.90.